The van der Waals surface area contributed by atoms with Crippen LogP contribution in [0.5, 0.6) is 0 Å². The lowest BCUT2D eigenvalue weighted by Crippen LogP contribution is -2.42. The molecule has 1 unspecified atom stereocenters. The predicted molar refractivity (Wildman–Crippen MR) is 84.5 cm³/mol. The second-order valence-corrected chi connectivity index (χ2v) is 5.96. The molecule has 0 bridgehead atoms. The van der Waals surface area contributed by atoms with Crippen molar-refractivity contribution >= 4 is 5.91 Å². The Bertz CT molecular complexity index is 456. The number of amides is 1. The molecule has 1 amide bonds. The summed E-state index contributed by atoms with van der Waals surface area (Å²) in [5.74, 6) is 0.638. The highest BCUT2D eigenvalue weighted by molar-refractivity contribution is 5.93. The van der Waals surface area contributed by atoms with Gasteiger partial charge in [-0.05, 0) is 25.3 Å². The Hall–Kier alpha value is -1.36. The van der Waals surface area contributed by atoms with Crippen LogP contribution >= 0.6 is 0 Å². The van der Waals surface area contributed by atoms with E-state index in [9.17, 15) is 4.79 Å². The van der Waals surface area contributed by atoms with Gasteiger partial charge in [-0.3, -0.25) is 4.79 Å². The molecule has 1 aromatic heterocycles. The topological polar surface area (TPSA) is 67.2 Å². The van der Waals surface area contributed by atoms with Crippen LogP contribution in [0.4, 0.5) is 0 Å². The molecule has 0 saturated carbocycles. The molecule has 0 aliphatic rings. The van der Waals surface area contributed by atoms with Gasteiger partial charge in [-0.15, -0.1) is 0 Å². The van der Waals surface area contributed by atoms with E-state index in [2.05, 4.69) is 36.6 Å². The summed E-state index contributed by atoms with van der Waals surface area (Å²) < 4.78 is 5.19. The second-order valence-electron chi connectivity index (χ2n) is 5.96. The molecule has 1 heterocycles. The number of aromatic nitrogens is 1. The first kappa shape index (κ1) is 17.7. The van der Waals surface area contributed by atoms with Gasteiger partial charge in [0.05, 0.1) is 0 Å². The summed E-state index contributed by atoms with van der Waals surface area (Å²) in [5.41, 5.74) is 1.32. The monoisotopic (exact) mass is 295 g/mol. The molecule has 0 saturated heterocycles. The van der Waals surface area contributed by atoms with Gasteiger partial charge >= 0.3 is 0 Å². The molecule has 0 fully saturated rings. The number of carbonyl (C=O) groups excluding carboxylic acids is 1. The summed E-state index contributed by atoms with van der Waals surface area (Å²) in [6, 6.07) is 0. The summed E-state index contributed by atoms with van der Waals surface area (Å²) in [5, 5.41) is 10.3. The summed E-state index contributed by atoms with van der Waals surface area (Å²) in [6.07, 6.45) is 2.92. The zero-order valence-electron chi connectivity index (χ0n) is 14.0. The minimum Gasteiger partial charge on any atom is -0.360 e. The molecule has 0 aromatic carbocycles. The van der Waals surface area contributed by atoms with E-state index >= 15 is 0 Å². The van der Waals surface area contributed by atoms with Crippen LogP contribution in [0.3, 0.4) is 0 Å². The van der Waals surface area contributed by atoms with Crippen LogP contribution in [-0.4, -0.2) is 30.7 Å². The number of hydrogen-bond acceptors (Lipinski definition) is 4. The number of rotatable bonds is 9. The number of nitrogens with zero attached hydrogens (tertiary/aromatic N) is 1. The smallest absolute Gasteiger partial charge is 0.273 e. The minimum atomic E-state index is -0.144. The van der Waals surface area contributed by atoms with Crippen LogP contribution in [0.15, 0.2) is 4.52 Å². The summed E-state index contributed by atoms with van der Waals surface area (Å²) in [7, 11) is 0. The zero-order valence-corrected chi connectivity index (χ0v) is 14.0. The van der Waals surface area contributed by atoms with Crippen molar-refractivity contribution in [3.63, 3.8) is 0 Å². The van der Waals surface area contributed by atoms with Crippen LogP contribution in [0.2, 0.25) is 0 Å². The van der Waals surface area contributed by atoms with E-state index in [0.29, 0.717) is 12.2 Å². The molecule has 0 aliphatic carbocycles. The van der Waals surface area contributed by atoms with Gasteiger partial charge in [-0.1, -0.05) is 39.3 Å². The highest BCUT2D eigenvalue weighted by Gasteiger charge is 2.25. The van der Waals surface area contributed by atoms with E-state index in [4.69, 9.17) is 4.52 Å². The van der Waals surface area contributed by atoms with Gasteiger partial charge in [0.2, 0.25) is 0 Å². The average molecular weight is 295 g/mol. The maximum absolute atomic E-state index is 12.3. The first-order chi connectivity index (χ1) is 9.97. The SMILES string of the molecule is CCCC(C)(CNCC)CNC(=O)c1noc(CC)c1C. The molecule has 5 heteroatoms. The van der Waals surface area contributed by atoms with E-state index in [1.807, 2.05) is 13.8 Å². The van der Waals surface area contributed by atoms with E-state index in [1.165, 1.54) is 0 Å². The fourth-order valence-corrected chi connectivity index (χ4v) is 2.56. The van der Waals surface area contributed by atoms with Crippen molar-refractivity contribution in [2.45, 2.75) is 53.9 Å². The Morgan fingerprint density at radius 2 is 2.00 bits per heavy atom. The highest BCUT2D eigenvalue weighted by Crippen LogP contribution is 2.22. The van der Waals surface area contributed by atoms with Crippen molar-refractivity contribution in [3.05, 3.63) is 17.0 Å². The molecule has 21 heavy (non-hydrogen) atoms. The Morgan fingerprint density at radius 3 is 2.52 bits per heavy atom. The first-order valence-corrected chi connectivity index (χ1v) is 7.91. The quantitative estimate of drug-likeness (QED) is 0.735. The van der Waals surface area contributed by atoms with Gasteiger partial charge in [0.15, 0.2) is 5.69 Å². The molecule has 0 aliphatic heterocycles. The van der Waals surface area contributed by atoms with Crippen LogP contribution < -0.4 is 10.6 Å². The van der Waals surface area contributed by atoms with Crippen LogP contribution in [0.1, 0.15) is 62.3 Å². The fourth-order valence-electron chi connectivity index (χ4n) is 2.56. The van der Waals surface area contributed by atoms with Gasteiger partial charge in [0.1, 0.15) is 5.76 Å². The van der Waals surface area contributed by atoms with Crippen LogP contribution in [0.25, 0.3) is 0 Å². The third-order valence-corrected chi connectivity index (χ3v) is 3.89. The number of aryl methyl sites for hydroxylation is 1. The Kier molecular flexibility index (Phi) is 6.89. The Balaban J connectivity index is 2.66. The van der Waals surface area contributed by atoms with Crippen molar-refractivity contribution in [2.24, 2.45) is 5.41 Å². The van der Waals surface area contributed by atoms with Crippen molar-refractivity contribution in [1.82, 2.24) is 15.8 Å². The molecule has 1 aromatic rings. The molecule has 120 valence electrons. The Labute approximate surface area is 127 Å². The maximum Gasteiger partial charge on any atom is 0.273 e. The van der Waals surface area contributed by atoms with Crippen LogP contribution in [0, 0.1) is 12.3 Å². The third-order valence-electron chi connectivity index (χ3n) is 3.89. The normalized spacial score (nSPS) is 14.0. The van der Waals surface area contributed by atoms with Gasteiger partial charge in [0, 0.05) is 25.1 Å². The van der Waals surface area contributed by atoms with Gasteiger partial charge in [-0.25, -0.2) is 0 Å². The third kappa shape index (κ3) is 4.84. The second kappa shape index (κ2) is 8.17. The lowest BCUT2D eigenvalue weighted by molar-refractivity contribution is 0.0920. The number of nitrogens with one attached hydrogen (secondary N) is 2. The maximum atomic E-state index is 12.3. The molecule has 2 N–H and O–H groups in total. The average Bonchev–Trinajstić information content (AvgIpc) is 2.84. The van der Waals surface area contributed by atoms with E-state index < -0.39 is 0 Å². The number of carbonyl (C=O) groups is 1. The van der Waals surface area contributed by atoms with Gasteiger partial charge in [0.25, 0.3) is 5.91 Å². The predicted octanol–water partition coefficient (Wildman–Crippen LogP) is 2.69. The highest BCUT2D eigenvalue weighted by atomic mass is 16.5. The van der Waals surface area contributed by atoms with Gasteiger partial charge in [-0.2, -0.15) is 0 Å². The van der Waals surface area contributed by atoms with Crippen LogP contribution in [-0.2, 0) is 6.42 Å². The summed E-state index contributed by atoms with van der Waals surface area (Å²) in [6.45, 7) is 12.8. The van der Waals surface area contributed by atoms with Crippen molar-refractivity contribution in [2.75, 3.05) is 19.6 Å². The van der Waals surface area contributed by atoms with Gasteiger partial charge < -0.3 is 15.2 Å². The molecular formula is C16H29N3O2. The van der Waals surface area contributed by atoms with Crippen molar-refractivity contribution < 1.29 is 9.32 Å². The molecule has 0 radical (unpaired) electrons. The summed E-state index contributed by atoms with van der Waals surface area (Å²) in [4.78, 5) is 12.3. The fraction of sp³-hybridized carbons (Fsp3) is 0.750. The molecule has 0 spiro atoms. The lowest BCUT2D eigenvalue weighted by Gasteiger charge is -2.29. The molecule has 1 atom stereocenters. The van der Waals surface area contributed by atoms with E-state index in [0.717, 1.165) is 43.7 Å². The largest absolute Gasteiger partial charge is 0.360 e. The standard InChI is InChI=1S/C16H29N3O2/c1-6-9-16(5,10-17-8-3)11-18-15(20)14-12(4)13(7-2)21-19-14/h17H,6-11H2,1-5H3,(H,18,20). The summed E-state index contributed by atoms with van der Waals surface area (Å²) >= 11 is 0. The Morgan fingerprint density at radius 1 is 1.29 bits per heavy atom. The molecular weight excluding hydrogens is 266 g/mol. The molecule has 5 nitrogen and oxygen atoms in total. The van der Waals surface area contributed by atoms with E-state index in [1.54, 1.807) is 0 Å². The van der Waals surface area contributed by atoms with Crippen molar-refractivity contribution in [1.29, 1.82) is 0 Å². The number of hydrogen-bond donors (Lipinski definition) is 2. The zero-order chi connectivity index (χ0) is 15.9. The van der Waals surface area contributed by atoms with Crippen molar-refractivity contribution in [3.8, 4) is 0 Å². The lowest BCUT2D eigenvalue weighted by atomic mass is 9.85. The molecule has 1 rings (SSSR count). The van der Waals surface area contributed by atoms with E-state index in [-0.39, 0.29) is 11.3 Å². The minimum absolute atomic E-state index is 0.0612. The first-order valence-electron chi connectivity index (χ1n) is 7.91.